The van der Waals surface area contributed by atoms with Crippen molar-refractivity contribution in [2.45, 2.75) is 43.1 Å². The quantitative estimate of drug-likeness (QED) is 0.484. The predicted molar refractivity (Wildman–Crippen MR) is 127 cm³/mol. The van der Waals surface area contributed by atoms with Crippen LogP contribution >= 0.6 is 0 Å². The van der Waals surface area contributed by atoms with Gasteiger partial charge in [-0.3, -0.25) is 9.78 Å². The third-order valence-corrected chi connectivity index (χ3v) is 7.12. The molecule has 9 nitrogen and oxygen atoms in total. The maximum atomic E-state index is 13.6. The number of carbonyl (C=O) groups excluding carboxylic acids is 1. The van der Waals surface area contributed by atoms with Crippen molar-refractivity contribution in [3.63, 3.8) is 0 Å². The Morgan fingerprint density at radius 2 is 1.84 bits per heavy atom. The highest BCUT2D eigenvalue weighted by molar-refractivity contribution is 5.92. The van der Waals surface area contributed by atoms with E-state index in [9.17, 15) is 23.5 Å². The number of methoxy groups -OCH3 is 1. The van der Waals surface area contributed by atoms with Crippen molar-refractivity contribution in [1.82, 2.24) is 10.3 Å². The van der Waals surface area contributed by atoms with Crippen LogP contribution in [0.5, 0.6) is 23.0 Å². The number of hydrogen-bond donors (Lipinski definition) is 2. The van der Waals surface area contributed by atoms with Gasteiger partial charge in [-0.2, -0.15) is 0 Å². The maximum absolute atomic E-state index is 13.6. The number of carboxylic acids is 1. The summed E-state index contributed by atoms with van der Waals surface area (Å²) in [7, 11) is 1.53. The number of benzene rings is 2. The van der Waals surface area contributed by atoms with E-state index < -0.39 is 29.8 Å². The van der Waals surface area contributed by atoms with Crippen LogP contribution < -0.4 is 24.3 Å². The van der Waals surface area contributed by atoms with Crippen molar-refractivity contribution in [2.24, 2.45) is 0 Å². The SMILES string of the molecule is COc1ccc2c(c1)O[C@H](c1ccc(C(=O)O)cn1)C[C@@H]2NC(=O)C1(c2ccc3c(c2)OC(F)(F)O3)CC1. The molecule has 3 aromatic rings. The molecule has 0 radical (unpaired) electrons. The molecule has 2 atom stereocenters. The van der Waals surface area contributed by atoms with Crippen molar-refractivity contribution >= 4 is 11.9 Å². The molecule has 0 bridgehead atoms. The van der Waals surface area contributed by atoms with E-state index in [2.05, 4.69) is 19.8 Å². The van der Waals surface area contributed by atoms with E-state index in [0.717, 1.165) is 5.56 Å². The first kappa shape index (κ1) is 24.0. The van der Waals surface area contributed by atoms with Crippen LogP contribution in [-0.2, 0) is 10.2 Å². The number of alkyl halides is 2. The Hall–Kier alpha value is -4.41. The van der Waals surface area contributed by atoms with E-state index in [1.165, 1.54) is 31.5 Å². The van der Waals surface area contributed by atoms with E-state index >= 15 is 0 Å². The largest absolute Gasteiger partial charge is 0.586 e. The molecule has 6 rings (SSSR count). The van der Waals surface area contributed by atoms with Gasteiger partial charge in [0.05, 0.1) is 29.8 Å². The number of nitrogens with one attached hydrogen (secondary N) is 1. The molecule has 0 spiro atoms. The molecule has 1 aliphatic carbocycles. The van der Waals surface area contributed by atoms with Crippen LogP contribution in [0.1, 0.15) is 58.6 Å². The monoisotopic (exact) mass is 524 g/mol. The molecule has 1 amide bonds. The molecule has 196 valence electrons. The van der Waals surface area contributed by atoms with Gasteiger partial charge in [-0.05, 0) is 54.8 Å². The van der Waals surface area contributed by atoms with Crippen LogP contribution in [0.2, 0.25) is 0 Å². The average Bonchev–Trinajstić information content (AvgIpc) is 3.65. The number of amides is 1. The Kier molecular flexibility index (Phi) is 5.41. The lowest BCUT2D eigenvalue weighted by molar-refractivity contribution is -0.286. The highest BCUT2D eigenvalue weighted by atomic mass is 19.3. The third kappa shape index (κ3) is 4.13. The van der Waals surface area contributed by atoms with Gasteiger partial charge in [0.15, 0.2) is 11.5 Å². The number of ether oxygens (including phenoxy) is 4. The van der Waals surface area contributed by atoms with Gasteiger partial charge in [0.1, 0.15) is 17.6 Å². The summed E-state index contributed by atoms with van der Waals surface area (Å²) >= 11 is 0. The lowest BCUT2D eigenvalue weighted by Gasteiger charge is -2.33. The number of carboxylic acid groups (broad SMARTS) is 1. The molecule has 11 heteroatoms. The van der Waals surface area contributed by atoms with Crippen molar-refractivity contribution in [1.29, 1.82) is 0 Å². The molecule has 1 saturated carbocycles. The zero-order valence-electron chi connectivity index (χ0n) is 20.1. The lowest BCUT2D eigenvalue weighted by Crippen LogP contribution is -2.39. The Morgan fingerprint density at radius 3 is 2.53 bits per heavy atom. The predicted octanol–water partition coefficient (Wildman–Crippen LogP) is 4.52. The molecular weight excluding hydrogens is 502 g/mol. The molecule has 38 heavy (non-hydrogen) atoms. The number of pyridine rings is 1. The summed E-state index contributed by atoms with van der Waals surface area (Å²) in [6, 6.07) is 12.3. The highest BCUT2D eigenvalue weighted by Crippen LogP contribution is 2.52. The Balaban J connectivity index is 1.28. The number of halogens is 2. The Labute approximate surface area is 215 Å². The first-order chi connectivity index (χ1) is 18.2. The normalized spacial score (nSPS) is 21.6. The van der Waals surface area contributed by atoms with Crippen molar-refractivity contribution < 1.29 is 42.4 Å². The Bertz CT molecular complexity index is 1440. The number of aromatic carboxylic acids is 1. The lowest BCUT2D eigenvalue weighted by atomic mass is 9.91. The van der Waals surface area contributed by atoms with Gasteiger partial charge in [-0.25, -0.2) is 4.79 Å². The standard InChI is InChI=1S/C27H22F2N2O7/c1-35-16-4-5-17-19(12-22(36-21(17)11-16)18-6-2-14(13-30-18)24(32)33)31-25(34)26(8-9-26)15-3-7-20-23(10-15)38-27(28,29)37-20/h2-7,10-11,13,19,22H,8-9,12H2,1H3,(H,31,34)(H,32,33)/t19-,22-/m0/s1. The van der Waals surface area contributed by atoms with Gasteiger partial charge in [-0.15, -0.1) is 8.78 Å². The first-order valence-corrected chi connectivity index (χ1v) is 11.9. The summed E-state index contributed by atoms with van der Waals surface area (Å²) in [5.74, 6) is -0.442. The minimum atomic E-state index is -3.74. The van der Waals surface area contributed by atoms with Crippen LogP contribution in [-0.4, -0.2) is 35.4 Å². The molecule has 2 N–H and O–H groups in total. The van der Waals surface area contributed by atoms with E-state index in [0.29, 0.717) is 42.0 Å². The van der Waals surface area contributed by atoms with Gasteiger partial charge in [0.25, 0.3) is 0 Å². The van der Waals surface area contributed by atoms with Crippen LogP contribution in [0.15, 0.2) is 54.7 Å². The van der Waals surface area contributed by atoms with E-state index in [1.54, 1.807) is 24.3 Å². The molecule has 1 aromatic heterocycles. The highest BCUT2D eigenvalue weighted by Gasteiger charge is 2.53. The second-order valence-corrected chi connectivity index (χ2v) is 9.46. The zero-order valence-corrected chi connectivity index (χ0v) is 20.1. The smallest absolute Gasteiger partial charge is 0.497 e. The number of nitrogens with zero attached hydrogens (tertiary/aromatic N) is 1. The first-order valence-electron chi connectivity index (χ1n) is 11.9. The van der Waals surface area contributed by atoms with Crippen LogP contribution in [0.4, 0.5) is 8.78 Å². The van der Waals surface area contributed by atoms with Gasteiger partial charge in [0.2, 0.25) is 5.91 Å². The van der Waals surface area contributed by atoms with Crippen LogP contribution in [0.25, 0.3) is 0 Å². The fourth-order valence-corrected chi connectivity index (χ4v) is 4.93. The number of carbonyl (C=O) groups is 2. The minimum absolute atomic E-state index is 0.0497. The van der Waals surface area contributed by atoms with Crippen molar-refractivity contribution in [2.75, 3.05) is 7.11 Å². The van der Waals surface area contributed by atoms with E-state index in [4.69, 9.17) is 9.47 Å². The van der Waals surface area contributed by atoms with Gasteiger partial charge in [0, 0.05) is 24.2 Å². The van der Waals surface area contributed by atoms with E-state index in [-0.39, 0.29) is 23.0 Å². The molecule has 0 saturated heterocycles. The maximum Gasteiger partial charge on any atom is 0.586 e. The Morgan fingerprint density at radius 1 is 1.05 bits per heavy atom. The van der Waals surface area contributed by atoms with Crippen molar-refractivity contribution in [3.8, 4) is 23.0 Å². The summed E-state index contributed by atoms with van der Waals surface area (Å²) in [5.41, 5.74) is 1.00. The van der Waals surface area contributed by atoms with Gasteiger partial charge in [-0.1, -0.05) is 6.07 Å². The van der Waals surface area contributed by atoms with Gasteiger partial charge >= 0.3 is 12.3 Å². The molecule has 2 aromatic carbocycles. The molecule has 3 heterocycles. The summed E-state index contributed by atoms with van der Waals surface area (Å²) in [5, 5.41) is 12.3. The molecule has 1 fully saturated rings. The molecule has 0 unspecified atom stereocenters. The summed E-state index contributed by atoms with van der Waals surface area (Å²) in [6.07, 6.45) is -1.60. The van der Waals surface area contributed by atoms with Gasteiger partial charge < -0.3 is 29.4 Å². The fraction of sp³-hybridized carbons (Fsp3) is 0.296. The number of fused-ring (bicyclic) bond motifs is 2. The zero-order chi connectivity index (χ0) is 26.7. The molecule has 3 aliphatic rings. The second-order valence-electron chi connectivity index (χ2n) is 9.46. The van der Waals surface area contributed by atoms with Crippen LogP contribution in [0, 0.1) is 0 Å². The van der Waals surface area contributed by atoms with Crippen molar-refractivity contribution in [3.05, 3.63) is 77.1 Å². The summed E-state index contributed by atoms with van der Waals surface area (Å²) < 4.78 is 47.6. The molecular formula is C27H22F2N2O7. The number of rotatable bonds is 6. The summed E-state index contributed by atoms with van der Waals surface area (Å²) in [4.78, 5) is 29.1. The topological polar surface area (TPSA) is 116 Å². The third-order valence-electron chi connectivity index (χ3n) is 7.12. The number of hydrogen-bond acceptors (Lipinski definition) is 7. The average molecular weight is 524 g/mol. The second kappa shape index (κ2) is 8.57. The van der Waals surface area contributed by atoms with Crippen LogP contribution in [0.3, 0.4) is 0 Å². The van der Waals surface area contributed by atoms with E-state index in [1.807, 2.05) is 6.07 Å². The fourth-order valence-electron chi connectivity index (χ4n) is 4.93. The number of aromatic nitrogens is 1. The minimum Gasteiger partial charge on any atom is -0.497 e. The summed E-state index contributed by atoms with van der Waals surface area (Å²) in [6.45, 7) is 0. The molecule has 2 aliphatic heterocycles.